The summed E-state index contributed by atoms with van der Waals surface area (Å²) in [4.78, 5) is 28.2. The van der Waals surface area contributed by atoms with E-state index in [1.54, 1.807) is 55.5 Å². The number of anilines is 1. The van der Waals surface area contributed by atoms with E-state index in [1.807, 2.05) is 6.92 Å². The van der Waals surface area contributed by atoms with Crippen LogP contribution in [0.5, 0.6) is 5.75 Å². The van der Waals surface area contributed by atoms with Gasteiger partial charge in [-0.2, -0.15) is 0 Å². The molecule has 0 unspecified atom stereocenters. The van der Waals surface area contributed by atoms with Crippen LogP contribution < -0.4 is 14.4 Å². The number of benzene rings is 3. The zero-order valence-electron chi connectivity index (χ0n) is 21.9. The van der Waals surface area contributed by atoms with Crippen LogP contribution >= 0.6 is 23.2 Å². The van der Waals surface area contributed by atoms with Crippen molar-refractivity contribution in [3.05, 3.63) is 88.4 Å². The molecule has 0 bridgehead atoms. The van der Waals surface area contributed by atoms with Gasteiger partial charge in [-0.3, -0.25) is 13.9 Å². The Bertz CT molecular complexity index is 1400. The Balaban J connectivity index is 2.09. The van der Waals surface area contributed by atoms with Gasteiger partial charge in [0.15, 0.2) is 0 Å². The summed E-state index contributed by atoms with van der Waals surface area (Å²) in [5.41, 5.74) is 0.698. The monoisotopic (exact) mass is 591 g/mol. The second-order valence-corrected chi connectivity index (χ2v) is 11.4. The van der Waals surface area contributed by atoms with E-state index in [0.29, 0.717) is 23.6 Å². The molecule has 3 aromatic carbocycles. The highest BCUT2D eigenvalue weighted by Gasteiger charge is 2.34. The van der Waals surface area contributed by atoms with Crippen molar-refractivity contribution in [2.45, 2.75) is 37.8 Å². The third kappa shape index (κ3) is 7.44. The average Bonchev–Trinajstić information content (AvgIpc) is 2.94. The summed E-state index contributed by atoms with van der Waals surface area (Å²) in [6, 6.07) is 18.3. The molecule has 39 heavy (non-hydrogen) atoms. The highest BCUT2D eigenvalue weighted by Crippen LogP contribution is 2.35. The highest BCUT2D eigenvalue weighted by atomic mass is 35.5. The van der Waals surface area contributed by atoms with Crippen molar-refractivity contribution in [2.24, 2.45) is 0 Å². The number of ether oxygens (including phenoxy) is 1. The van der Waals surface area contributed by atoms with E-state index in [4.69, 9.17) is 27.9 Å². The van der Waals surface area contributed by atoms with E-state index in [2.05, 4.69) is 5.32 Å². The zero-order chi connectivity index (χ0) is 28.6. The van der Waals surface area contributed by atoms with Crippen molar-refractivity contribution in [2.75, 3.05) is 24.5 Å². The number of methoxy groups -OCH3 is 1. The molecule has 0 aliphatic heterocycles. The second kappa shape index (κ2) is 13.7. The first-order valence-corrected chi connectivity index (χ1v) is 14.5. The molecule has 0 saturated carbocycles. The number of nitrogens with one attached hydrogen (secondary N) is 1. The minimum Gasteiger partial charge on any atom is -0.495 e. The number of hydrogen-bond acceptors (Lipinski definition) is 5. The number of amides is 2. The van der Waals surface area contributed by atoms with Crippen LogP contribution in [0.25, 0.3) is 0 Å². The molecule has 0 aliphatic carbocycles. The Hall–Kier alpha value is -3.27. The van der Waals surface area contributed by atoms with Gasteiger partial charge in [-0.25, -0.2) is 8.42 Å². The lowest BCUT2D eigenvalue weighted by atomic mass is 10.1. The number of hydrogen-bond donors (Lipinski definition) is 1. The Morgan fingerprint density at radius 3 is 2.31 bits per heavy atom. The molecule has 0 aliphatic rings. The van der Waals surface area contributed by atoms with Gasteiger partial charge in [0.05, 0.1) is 17.7 Å². The maximum atomic E-state index is 13.9. The van der Waals surface area contributed by atoms with Crippen LogP contribution in [0.3, 0.4) is 0 Å². The van der Waals surface area contributed by atoms with E-state index in [9.17, 15) is 18.0 Å². The molecular weight excluding hydrogens is 561 g/mol. The van der Waals surface area contributed by atoms with Crippen molar-refractivity contribution >= 4 is 50.7 Å². The molecule has 208 valence electrons. The largest absolute Gasteiger partial charge is 0.495 e. The maximum absolute atomic E-state index is 13.9. The Morgan fingerprint density at radius 1 is 1.00 bits per heavy atom. The van der Waals surface area contributed by atoms with Crippen LogP contribution in [0.1, 0.15) is 25.8 Å². The first-order chi connectivity index (χ1) is 18.6. The molecule has 2 amide bonds. The van der Waals surface area contributed by atoms with Crippen LogP contribution in [-0.2, 0) is 26.2 Å². The van der Waals surface area contributed by atoms with E-state index in [1.165, 1.54) is 36.3 Å². The molecule has 0 saturated heterocycles. The topological polar surface area (TPSA) is 96.0 Å². The smallest absolute Gasteiger partial charge is 0.264 e. The lowest BCUT2D eigenvalue weighted by Crippen LogP contribution is -2.51. The van der Waals surface area contributed by atoms with Crippen molar-refractivity contribution < 1.29 is 22.7 Å². The van der Waals surface area contributed by atoms with E-state index >= 15 is 0 Å². The third-order valence-electron chi connectivity index (χ3n) is 6.03. The predicted octanol–water partition coefficient (Wildman–Crippen LogP) is 5.14. The average molecular weight is 593 g/mol. The third-order valence-corrected chi connectivity index (χ3v) is 8.41. The summed E-state index contributed by atoms with van der Waals surface area (Å²) in [6.07, 6.45) is 0.717. The zero-order valence-corrected chi connectivity index (χ0v) is 24.3. The first-order valence-electron chi connectivity index (χ1n) is 12.3. The summed E-state index contributed by atoms with van der Waals surface area (Å²) in [5.74, 6) is -0.774. The fourth-order valence-corrected chi connectivity index (χ4v) is 5.68. The molecule has 11 heteroatoms. The van der Waals surface area contributed by atoms with Gasteiger partial charge in [-0.15, -0.1) is 0 Å². The molecule has 0 aromatic heterocycles. The van der Waals surface area contributed by atoms with Gasteiger partial charge in [0.2, 0.25) is 11.8 Å². The van der Waals surface area contributed by atoms with Gasteiger partial charge in [0.1, 0.15) is 18.3 Å². The summed E-state index contributed by atoms with van der Waals surface area (Å²) >= 11 is 12.6. The number of halogens is 2. The summed E-state index contributed by atoms with van der Waals surface area (Å²) in [6.45, 7) is 3.32. The SMILES string of the molecule is CCCNC(=O)[C@@H](C)N(Cc1ccccc1Cl)C(=O)CN(c1cc(Cl)ccc1OC)S(=O)(=O)c1ccccc1. The lowest BCUT2D eigenvalue weighted by Gasteiger charge is -2.32. The van der Waals surface area contributed by atoms with Gasteiger partial charge in [0, 0.05) is 23.1 Å². The lowest BCUT2D eigenvalue weighted by molar-refractivity contribution is -0.139. The van der Waals surface area contributed by atoms with Crippen molar-refractivity contribution in [1.82, 2.24) is 10.2 Å². The number of nitrogens with zero attached hydrogens (tertiary/aromatic N) is 2. The fourth-order valence-electron chi connectivity index (χ4n) is 3.88. The van der Waals surface area contributed by atoms with Crippen LogP contribution in [0, 0.1) is 0 Å². The molecular formula is C28H31Cl2N3O5S. The number of sulfonamides is 1. The molecule has 3 aromatic rings. The van der Waals surface area contributed by atoms with E-state index < -0.39 is 28.5 Å². The van der Waals surface area contributed by atoms with Crippen LogP contribution in [-0.4, -0.2) is 51.4 Å². The fraction of sp³-hybridized carbons (Fsp3) is 0.286. The van der Waals surface area contributed by atoms with Gasteiger partial charge in [0.25, 0.3) is 10.0 Å². The van der Waals surface area contributed by atoms with Gasteiger partial charge < -0.3 is 15.0 Å². The van der Waals surface area contributed by atoms with Gasteiger partial charge >= 0.3 is 0 Å². The molecule has 0 heterocycles. The molecule has 3 rings (SSSR count). The molecule has 8 nitrogen and oxygen atoms in total. The Morgan fingerprint density at radius 2 is 1.67 bits per heavy atom. The van der Waals surface area contributed by atoms with Crippen molar-refractivity contribution in [1.29, 1.82) is 0 Å². The molecule has 1 N–H and O–H groups in total. The van der Waals surface area contributed by atoms with Crippen LogP contribution in [0.4, 0.5) is 5.69 Å². The first kappa shape index (κ1) is 30.3. The number of carbonyl (C=O) groups excluding carboxylic acids is 2. The van der Waals surface area contributed by atoms with Crippen LogP contribution in [0.15, 0.2) is 77.7 Å². The molecule has 0 fully saturated rings. The van der Waals surface area contributed by atoms with E-state index in [-0.39, 0.29) is 33.8 Å². The van der Waals surface area contributed by atoms with Crippen molar-refractivity contribution in [3.63, 3.8) is 0 Å². The second-order valence-electron chi connectivity index (χ2n) is 8.72. The maximum Gasteiger partial charge on any atom is 0.264 e. The van der Waals surface area contributed by atoms with Crippen molar-refractivity contribution in [3.8, 4) is 5.75 Å². The minimum absolute atomic E-state index is 0.00881. The summed E-state index contributed by atoms with van der Waals surface area (Å²) < 4.78 is 34.1. The molecule has 0 spiro atoms. The summed E-state index contributed by atoms with van der Waals surface area (Å²) in [7, 11) is -2.86. The molecule has 0 radical (unpaired) electrons. The van der Waals surface area contributed by atoms with E-state index in [0.717, 1.165) is 4.31 Å². The standard InChI is InChI=1S/C28H31Cl2N3O5S/c1-4-16-31-28(35)20(2)32(18-21-10-8-9-13-24(21)30)27(34)19-33(25-17-22(29)14-15-26(25)38-3)39(36,37)23-11-6-5-7-12-23/h5-15,17,20H,4,16,18-19H2,1-3H3,(H,31,35)/t20-/m1/s1. The Labute approximate surface area is 239 Å². The highest BCUT2D eigenvalue weighted by molar-refractivity contribution is 7.92. The van der Waals surface area contributed by atoms with Gasteiger partial charge in [-0.05, 0) is 55.3 Å². The number of carbonyl (C=O) groups is 2. The molecule has 1 atom stereocenters. The Kier molecular flexibility index (Phi) is 10.6. The van der Waals surface area contributed by atoms with Crippen LogP contribution in [0.2, 0.25) is 10.0 Å². The number of rotatable bonds is 12. The minimum atomic E-state index is -4.25. The normalized spacial score (nSPS) is 11.9. The predicted molar refractivity (Wildman–Crippen MR) is 154 cm³/mol. The summed E-state index contributed by atoms with van der Waals surface area (Å²) in [5, 5.41) is 3.47. The quantitative estimate of drug-likeness (QED) is 0.314. The van der Waals surface area contributed by atoms with Gasteiger partial charge in [-0.1, -0.05) is 66.5 Å².